The van der Waals surface area contributed by atoms with Crippen LogP contribution in [0.15, 0.2) is 60.7 Å². The molecule has 0 aliphatic carbocycles. The number of ether oxygens (including phenoxy) is 2. The van der Waals surface area contributed by atoms with Gasteiger partial charge in [-0.25, -0.2) is 14.5 Å². The van der Waals surface area contributed by atoms with Gasteiger partial charge in [0.15, 0.2) is 0 Å². The van der Waals surface area contributed by atoms with E-state index in [2.05, 4.69) is 0 Å². The van der Waals surface area contributed by atoms with Crippen LogP contribution < -0.4 is 0 Å². The summed E-state index contributed by atoms with van der Waals surface area (Å²) in [4.78, 5) is 37.5. The van der Waals surface area contributed by atoms with E-state index >= 15 is 0 Å². The second kappa shape index (κ2) is 8.29. The number of nitrogens with zero attached hydrogens (tertiary/aromatic N) is 1. The zero-order chi connectivity index (χ0) is 18.4. The number of imide groups is 1. The lowest BCUT2D eigenvalue weighted by Gasteiger charge is -2.21. The number of carbonyl (C=O) groups is 3. The Hall–Kier alpha value is -3.15. The standard InChI is InChI=1S/C20H19NO5/c22-18-12-11-17(19(23)25-13-15-7-3-1-4-8-15)21(18)20(24)26-14-16-9-5-2-6-10-16/h1-10,17H,11-14H2/t17-/m1/s1. The Morgan fingerprint density at radius 1 is 0.885 bits per heavy atom. The molecule has 0 aromatic heterocycles. The van der Waals surface area contributed by atoms with Crippen LogP contribution in [0.3, 0.4) is 0 Å². The molecule has 6 nitrogen and oxygen atoms in total. The molecule has 2 amide bonds. The van der Waals surface area contributed by atoms with Gasteiger partial charge in [-0.1, -0.05) is 60.7 Å². The lowest BCUT2D eigenvalue weighted by atomic mass is 10.2. The fourth-order valence-electron chi connectivity index (χ4n) is 2.75. The van der Waals surface area contributed by atoms with E-state index in [0.717, 1.165) is 16.0 Å². The summed E-state index contributed by atoms with van der Waals surface area (Å²) >= 11 is 0. The third-order valence-electron chi connectivity index (χ3n) is 4.11. The van der Waals surface area contributed by atoms with Crippen molar-refractivity contribution in [3.05, 3.63) is 71.8 Å². The van der Waals surface area contributed by atoms with E-state index in [-0.39, 0.29) is 26.1 Å². The van der Waals surface area contributed by atoms with E-state index in [1.54, 1.807) is 0 Å². The first-order valence-corrected chi connectivity index (χ1v) is 8.38. The summed E-state index contributed by atoms with van der Waals surface area (Å²) in [6.45, 7) is 0.131. The molecule has 6 heteroatoms. The summed E-state index contributed by atoms with van der Waals surface area (Å²) in [5.41, 5.74) is 1.64. The number of rotatable bonds is 5. The number of esters is 1. The smallest absolute Gasteiger partial charge is 0.417 e. The molecule has 2 aromatic carbocycles. The predicted molar refractivity (Wildman–Crippen MR) is 92.7 cm³/mol. The Kier molecular flexibility index (Phi) is 5.63. The zero-order valence-electron chi connectivity index (χ0n) is 14.2. The van der Waals surface area contributed by atoms with Crippen molar-refractivity contribution < 1.29 is 23.9 Å². The molecule has 1 heterocycles. The molecular formula is C20H19NO5. The lowest BCUT2D eigenvalue weighted by Crippen LogP contribution is -2.43. The van der Waals surface area contributed by atoms with Crippen molar-refractivity contribution in [2.45, 2.75) is 32.1 Å². The van der Waals surface area contributed by atoms with Crippen molar-refractivity contribution in [2.24, 2.45) is 0 Å². The third-order valence-corrected chi connectivity index (χ3v) is 4.11. The number of benzene rings is 2. The van der Waals surface area contributed by atoms with Crippen LogP contribution in [0, 0.1) is 0 Å². The molecular weight excluding hydrogens is 334 g/mol. The van der Waals surface area contributed by atoms with Gasteiger partial charge in [-0.3, -0.25) is 4.79 Å². The number of carbonyl (C=O) groups excluding carboxylic acids is 3. The van der Waals surface area contributed by atoms with Gasteiger partial charge in [-0.2, -0.15) is 0 Å². The van der Waals surface area contributed by atoms with Crippen LogP contribution in [0.2, 0.25) is 0 Å². The molecule has 0 unspecified atom stereocenters. The zero-order valence-corrected chi connectivity index (χ0v) is 14.2. The molecule has 0 bridgehead atoms. The minimum atomic E-state index is -0.936. The maximum atomic E-state index is 12.3. The van der Waals surface area contributed by atoms with Crippen LogP contribution >= 0.6 is 0 Å². The van der Waals surface area contributed by atoms with Crippen LogP contribution in [0.25, 0.3) is 0 Å². The largest absolute Gasteiger partial charge is 0.459 e. The monoisotopic (exact) mass is 353 g/mol. The average Bonchev–Trinajstić information content (AvgIpc) is 3.07. The van der Waals surface area contributed by atoms with Gasteiger partial charge in [0.2, 0.25) is 5.91 Å². The topological polar surface area (TPSA) is 72.9 Å². The van der Waals surface area contributed by atoms with Crippen LogP contribution in [0.4, 0.5) is 4.79 Å². The molecule has 3 rings (SSSR count). The summed E-state index contributed by atoms with van der Waals surface area (Å²) in [6, 6.07) is 17.4. The van der Waals surface area contributed by atoms with Gasteiger partial charge in [0.05, 0.1) is 0 Å². The highest BCUT2D eigenvalue weighted by Crippen LogP contribution is 2.22. The predicted octanol–water partition coefficient (Wildman–Crippen LogP) is 3.06. The Morgan fingerprint density at radius 3 is 2.00 bits per heavy atom. The molecule has 0 spiro atoms. The van der Waals surface area contributed by atoms with Crippen LogP contribution in [0.5, 0.6) is 0 Å². The highest BCUT2D eigenvalue weighted by Gasteiger charge is 2.42. The Morgan fingerprint density at radius 2 is 1.42 bits per heavy atom. The maximum absolute atomic E-state index is 12.3. The normalized spacial score (nSPS) is 16.4. The lowest BCUT2D eigenvalue weighted by molar-refractivity contribution is -0.152. The van der Waals surface area contributed by atoms with E-state index in [9.17, 15) is 14.4 Å². The molecule has 0 N–H and O–H groups in total. The second-order valence-corrected chi connectivity index (χ2v) is 5.95. The van der Waals surface area contributed by atoms with Gasteiger partial charge in [0.25, 0.3) is 0 Å². The molecule has 1 fully saturated rings. The first-order valence-electron chi connectivity index (χ1n) is 8.38. The first-order chi connectivity index (χ1) is 12.6. The van der Waals surface area contributed by atoms with Crippen LogP contribution in [0.1, 0.15) is 24.0 Å². The van der Waals surface area contributed by atoms with E-state index in [1.165, 1.54) is 0 Å². The Balaban J connectivity index is 1.58. The molecule has 1 saturated heterocycles. The fourth-order valence-corrected chi connectivity index (χ4v) is 2.75. The van der Waals surface area contributed by atoms with Gasteiger partial charge in [0, 0.05) is 6.42 Å². The van der Waals surface area contributed by atoms with E-state index in [1.807, 2.05) is 60.7 Å². The van der Waals surface area contributed by atoms with Crippen molar-refractivity contribution in [2.75, 3.05) is 0 Å². The fraction of sp³-hybridized carbons (Fsp3) is 0.250. The minimum absolute atomic E-state index is 0.0369. The molecule has 134 valence electrons. The quantitative estimate of drug-likeness (QED) is 0.773. The number of likely N-dealkylation sites (tertiary alicyclic amines) is 1. The molecule has 1 atom stereocenters. The maximum Gasteiger partial charge on any atom is 0.417 e. The molecule has 0 saturated carbocycles. The third kappa shape index (κ3) is 4.27. The van der Waals surface area contributed by atoms with Gasteiger partial charge < -0.3 is 9.47 Å². The Bertz CT molecular complexity index is 775. The van der Waals surface area contributed by atoms with Crippen molar-refractivity contribution in [3.8, 4) is 0 Å². The molecule has 0 radical (unpaired) electrons. The number of hydrogen-bond donors (Lipinski definition) is 0. The molecule has 26 heavy (non-hydrogen) atoms. The number of amides is 2. The summed E-state index contributed by atoms with van der Waals surface area (Å²) in [5, 5.41) is 0. The summed E-state index contributed by atoms with van der Waals surface area (Å²) in [5.74, 6) is -1.03. The van der Waals surface area contributed by atoms with Crippen molar-refractivity contribution in [1.82, 2.24) is 4.90 Å². The van der Waals surface area contributed by atoms with Gasteiger partial charge in [0.1, 0.15) is 19.3 Å². The minimum Gasteiger partial charge on any atom is -0.459 e. The van der Waals surface area contributed by atoms with Gasteiger partial charge >= 0.3 is 12.1 Å². The van der Waals surface area contributed by atoms with Gasteiger partial charge in [-0.05, 0) is 17.5 Å². The Labute approximate surface area is 151 Å². The highest BCUT2D eigenvalue weighted by molar-refractivity contribution is 5.99. The first kappa shape index (κ1) is 17.7. The summed E-state index contributed by atoms with van der Waals surface area (Å²) in [6.07, 6.45) is -0.462. The molecule has 1 aliphatic heterocycles. The van der Waals surface area contributed by atoms with E-state index < -0.39 is 24.0 Å². The molecule has 1 aliphatic rings. The van der Waals surface area contributed by atoms with E-state index in [4.69, 9.17) is 9.47 Å². The summed E-state index contributed by atoms with van der Waals surface area (Å²) < 4.78 is 10.4. The van der Waals surface area contributed by atoms with Crippen LogP contribution in [-0.4, -0.2) is 28.9 Å². The SMILES string of the molecule is O=C(OCc1ccccc1)[C@H]1CCC(=O)N1C(=O)OCc1ccccc1. The van der Waals surface area contributed by atoms with Crippen molar-refractivity contribution >= 4 is 18.0 Å². The highest BCUT2D eigenvalue weighted by atomic mass is 16.6. The molecule has 2 aromatic rings. The summed E-state index contributed by atoms with van der Waals surface area (Å²) in [7, 11) is 0. The van der Waals surface area contributed by atoms with Gasteiger partial charge in [-0.15, -0.1) is 0 Å². The average molecular weight is 353 g/mol. The van der Waals surface area contributed by atoms with Crippen LogP contribution in [-0.2, 0) is 32.3 Å². The van der Waals surface area contributed by atoms with Crippen molar-refractivity contribution in [1.29, 1.82) is 0 Å². The number of hydrogen-bond acceptors (Lipinski definition) is 5. The second-order valence-electron chi connectivity index (χ2n) is 5.95. The van der Waals surface area contributed by atoms with E-state index in [0.29, 0.717) is 0 Å². The van der Waals surface area contributed by atoms with Crippen molar-refractivity contribution in [3.63, 3.8) is 0 Å².